The Morgan fingerprint density at radius 3 is 2.71 bits per heavy atom. The lowest BCUT2D eigenvalue weighted by Gasteiger charge is -2.22. The zero-order valence-corrected chi connectivity index (χ0v) is 13.9. The maximum absolute atomic E-state index is 5.96. The number of furan rings is 1. The van der Waals surface area contributed by atoms with Gasteiger partial charge in [-0.2, -0.15) is 0 Å². The highest BCUT2D eigenvalue weighted by molar-refractivity contribution is 5.21. The molecule has 1 aliphatic carbocycles. The van der Waals surface area contributed by atoms with Crippen molar-refractivity contribution in [1.82, 2.24) is 15.1 Å². The number of nitrogens with zero attached hydrogens (tertiary/aromatic N) is 2. The summed E-state index contributed by atoms with van der Waals surface area (Å²) in [4.78, 5) is 4.87. The second-order valence-electron chi connectivity index (χ2n) is 7.15. The van der Waals surface area contributed by atoms with Crippen LogP contribution in [0.3, 0.4) is 0 Å². The number of aryl methyl sites for hydroxylation is 1. The van der Waals surface area contributed by atoms with Gasteiger partial charge in [0.2, 0.25) is 0 Å². The highest BCUT2D eigenvalue weighted by atomic mass is 16.3. The summed E-state index contributed by atoms with van der Waals surface area (Å²) in [6.45, 7) is 8.64. The van der Waals surface area contributed by atoms with Crippen molar-refractivity contribution in [3.63, 3.8) is 0 Å². The minimum atomic E-state index is 0.664. The lowest BCUT2D eigenvalue weighted by Crippen LogP contribution is -2.34. The third-order valence-corrected chi connectivity index (χ3v) is 4.92. The Bertz CT molecular complexity index is 478. The van der Waals surface area contributed by atoms with Crippen LogP contribution in [-0.4, -0.2) is 49.1 Å². The van der Waals surface area contributed by atoms with E-state index in [1.54, 1.807) is 0 Å². The van der Waals surface area contributed by atoms with Crippen LogP contribution in [0.2, 0.25) is 0 Å². The third-order valence-electron chi connectivity index (χ3n) is 4.92. The first kappa shape index (κ1) is 15.1. The molecule has 2 unspecified atom stereocenters. The van der Waals surface area contributed by atoms with Crippen LogP contribution in [0, 0.1) is 12.8 Å². The van der Waals surface area contributed by atoms with Gasteiger partial charge in [-0.1, -0.05) is 6.92 Å². The minimum Gasteiger partial charge on any atom is -0.465 e. The van der Waals surface area contributed by atoms with Gasteiger partial charge in [0.25, 0.3) is 0 Å². The molecule has 0 aromatic carbocycles. The molecule has 1 aromatic heterocycles. The van der Waals surface area contributed by atoms with Crippen LogP contribution >= 0.6 is 0 Å². The predicted octanol–water partition coefficient (Wildman–Crippen LogP) is 2.22. The molecule has 1 aliphatic heterocycles. The second kappa shape index (κ2) is 6.11. The summed E-state index contributed by atoms with van der Waals surface area (Å²) in [5.41, 5.74) is 1.33. The maximum Gasteiger partial charge on any atom is 0.118 e. The van der Waals surface area contributed by atoms with E-state index in [-0.39, 0.29) is 0 Å². The normalized spacial score (nSPS) is 26.9. The van der Waals surface area contributed by atoms with E-state index in [9.17, 15) is 0 Å². The summed E-state index contributed by atoms with van der Waals surface area (Å²) in [6.07, 6.45) is 2.67. The first-order valence-electron chi connectivity index (χ1n) is 8.23. The SMILES string of the molecule is Cc1oc(CN2CC(C)C(N(C)C)C2)cc1CNC1CC1. The standard InChI is InChI=1S/C17H29N3O/c1-12-9-20(11-17(12)19(3)4)10-16-7-14(13(2)21-16)8-18-15-5-6-15/h7,12,15,17-18H,5-6,8-11H2,1-4H3. The number of rotatable bonds is 6. The summed E-state index contributed by atoms with van der Waals surface area (Å²) in [7, 11) is 4.37. The van der Waals surface area contributed by atoms with Crippen molar-refractivity contribution in [2.24, 2.45) is 5.92 Å². The van der Waals surface area contributed by atoms with Gasteiger partial charge in [-0.15, -0.1) is 0 Å². The van der Waals surface area contributed by atoms with Crippen LogP contribution in [0.15, 0.2) is 10.5 Å². The fraction of sp³-hybridized carbons (Fsp3) is 0.765. The van der Waals surface area contributed by atoms with E-state index in [2.05, 4.69) is 49.1 Å². The quantitative estimate of drug-likeness (QED) is 0.871. The first-order valence-corrected chi connectivity index (χ1v) is 8.23. The predicted molar refractivity (Wildman–Crippen MR) is 85.2 cm³/mol. The zero-order valence-electron chi connectivity index (χ0n) is 13.9. The molecule has 2 fully saturated rings. The van der Waals surface area contributed by atoms with Crippen molar-refractivity contribution < 1.29 is 4.42 Å². The van der Waals surface area contributed by atoms with Gasteiger partial charge in [0.05, 0.1) is 6.54 Å². The lowest BCUT2D eigenvalue weighted by molar-refractivity contribution is 0.243. The van der Waals surface area contributed by atoms with E-state index in [0.717, 1.165) is 49.7 Å². The van der Waals surface area contributed by atoms with E-state index in [0.29, 0.717) is 6.04 Å². The van der Waals surface area contributed by atoms with E-state index < -0.39 is 0 Å². The Labute approximate surface area is 128 Å². The Morgan fingerprint density at radius 2 is 2.10 bits per heavy atom. The van der Waals surface area contributed by atoms with Crippen LogP contribution in [-0.2, 0) is 13.1 Å². The molecule has 1 saturated heterocycles. The van der Waals surface area contributed by atoms with Crippen LogP contribution in [0.25, 0.3) is 0 Å². The van der Waals surface area contributed by atoms with Crippen molar-refractivity contribution in [1.29, 1.82) is 0 Å². The molecule has 4 nitrogen and oxygen atoms in total. The van der Waals surface area contributed by atoms with Gasteiger partial charge in [0, 0.05) is 37.3 Å². The molecule has 1 saturated carbocycles. The van der Waals surface area contributed by atoms with Crippen LogP contribution in [0.4, 0.5) is 0 Å². The van der Waals surface area contributed by atoms with Gasteiger partial charge >= 0.3 is 0 Å². The van der Waals surface area contributed by atoms with Gasteiger partial charge in [-0.25, -0.2) is 0 Å². The molecule has 2 aliphatic rings. The summed E-state index contributed by atoms with van der Waals surface area (Å²) in [5, 5.41) is 3.57. The minimum absolute atomic E-state index is 0.664. The molecule has 0 amide bonds. The van der Waals surface area contributed by atoms with Crippen LogP contribution in [0.1, 0.15) is 36.8 Å². The van der Waals surface area contributed by atoms with Crippen molar-refractivity contribution in [3.8, 4) is 0 Å². The lowest BCUT2D eigenvalue weighted by atomic mass is 10.1. The highest BCUT2D eigenvalue weighted by Crippen LogP contribution is 2.24. The first-order chi connectivity index (χ1) is 10.0. The molecule has 118 valence electrons. The van der Waals surface area contributed by atoms with E-state index in [1.807, 2.05) is 0 Å². The molecule has 4 heteroatoms. The molecule has 0 bridgehead atoms. The second-order valence-corrected chi connectivity index (χ2v) is 7.15. The molecular weight excluding hydrogens is 262 g/mol. The molecule has 21 heavy (non-hydrogen) atoms. The van der Waals surface area contributed by atoms with E-state index in [1.165, 1.54) is 18.4 Å². The molecule has 0 radical (unpaired) electrons. The average molecular weight is 291 g/mol. The third kappa shape index (κ3) is 3.68. The average Bonchev–Trinajstić information content (AvgIpc) is 3.08. The molecule has 1 N–H and O–H groups in total. The molecule has 3 rings (SSSR count). The van der Waals surface area contributed by atoms with E-state index >= 15 is 0 Å². The summed E-state index contributed by atoms with van der Waals surface area (Å²) < 4.78 is 5.96. The zero-order chi connectivity index (χ0) is 15.0. The molecule has 2 atom stereocenters. The van der Waals surface area contributed by atoms with Crippen molar-refractivity contribution in [3.05, 3.63) is 23.2 Å². The summed E-state index contributed by atoms with van der Waals surface area (Å²) in [6, 6.07) is 3.67. The Balaban J connectivity index is 1.56. The smallest absolute Gasteiger partial charge is 0.118 e. The maximum atomic E-state index is 5.96. The van der Waals surface area contributed by atoms with Gasteiger partial charge in [0.15, 0.2) is 0 Å². The van der Waals surface area contributed by atoms with Crippen LogP contribution < -0.4 is 5.32 Å². The highest BCUT2D eigenvalue weighted by Gasteiger charge is 2.31. The number of hydrogen-bond donors (Lipinski definition) is 1. The van der Waals surface area contributed by atoms with Crippen LogP contribution in [0.5, 0.6) is 0 Å². The van der Waals surface area contributed by atoms with E-state index in [4.69, 9.17) is 4.42 Å². The van der Waals surface area contributed by atoms with Gasteiger partial charge in [-0.05, 0) is 45.8 Å². The molecular formula is C17H29N3O. The fourth-order valence-electron chi connectivity index (χ4n) is 3.45. The fourth-order valence-corrected chi connectivity index (χ4v) is 3.45. The van der Waals surface area contributed by atoms with Gasteiger partial charge < -0.3 is 14.6 Å². The van der Waals surface area contributed by atoms with Crippen molar-refractivity contribution >= 4 is 0 Å². The van der Waals surface area contributed by atoms with Crippen molar-refractivity contribution in [2.75, 3.05) is 27.2 Å². The van der Waals surface area contributed by atoms with Gasteiger partial charge in [0.1, 0.15) is 11.5 Å². The number of nitrogens with one attached hydrogen (secondary N) is 1. The molecule has 0 spiro atoms. The number of hydrogen-bond acceptors (Lipinski definition) is 4. The Kier molecular flexibility index (Phi) is 4.38. The Hall–Kier alpha value is -0.840. The Morgan fingerprint density at radius 1 is 1.33 bits per heavy atom. The molecule has 1 aromatic rings. The topological polar surface area (TPSA) is 31.7 Å². The monoisotopic (exact) mass is 291 g/mol. The summed E-state index contributed by atoms with van der Waals surface area (Å²) in [5.74, 6) is 2.92. The summed E-state index contributed by atoms with van der Waals surface area (Å²) >= 11 is 0. The molecule has 2 heterocycles. The largest absolute Gasteiger partial charge is 0.465 e. The number of likely N-dealkylation sites (tertiary alicyclic amines) is 1. The van der Waals surface area contributed by atoms with Gasteiger partial charge in [-0.3, -0.25) is 4.90 Å². The van der Waals surface area contributed by atoms with Crippen molar-refractivity contribution in [2.45, 2.75) is 51.9 Å². The number of likely N-dealkylation sites (N-methyl/N-ethyl adjacent to an activating group) is 1.